The molecule has 2 rings (SSSR count). The summed E-state index contributed by atoms with van der Waals surface area (Å²) in [5.74, 6) is -0.687. The molecule has 0 saturated carbocycles. The fourth-order valence-electron chi connectivity index (χ4n) is 1.81. The Morgan fingerprint density at radius 3 is 2.57 bits per heavy atom. The van der Waals surface area contributed by atoms with Crippen molar-refractivity contribution in [3.63, 3.8) is 0 Å². The van der Waals surface area contributed by atoms with Crippen LogP contribution in [0, 0.1) is 0 Å². The maximum Gasteiger partial charge on any atom is 0.339 e. The van der Waals surface area contributed by atoms with Crippen LogP contribution >= 0.6 is 23.2 Å². The van der Waals surface area contributed by atoms with E-state index in [9.17, 15) is 9.59 Å². The average Bonchev–Trinajstić information content (AvgIpc) is 2.56. The summed E-state index contributed by atoms with van der Waals surface area (Å²) in [6.45, 7) is -0.282. The molecule has 0 aromatic heterocycles. The summed E-state index contributed by atoms with van der Waals surface area (Å²) in [4.78, 5) is 23.6. The molecule has 1 N–H and O–H groups in total. The van der Waals surface area contributed by atoms with Crippen LogP contribution in [0.15, 0.2) is 42.5 Å². The summed E-state index contributed by atoms with van der Waals surface area (Å²) in [5.41, 5.74) is 0.592. The molecule has 1 amide bonds. The molecule has 0 spiro atoms. The number of methoxy groups -OCH3 is 1. The summed E-state index contributed by atoms with van der Waals surface area (Å²) in [6, 6.07) is 11.4. The molecule has 0 aliphatic heterocycles. The van der Waals surface area contributed by atoms with Gasteiger partial charge in [-0.05, 0) is 24.3 Å². The van der Waals surface area contributed by atoms with E-state index in [4.69, 9.17) is 27.9 Å². The molecule has 0 aliphatic carbocycles. The van der Waals surface area contributed by atoms with Gasteiger partial charge in [0.15, 0.2) is 6.61 Å². The topological polar surface area (TPSA) is 64.6 Å². The third kappa shape index (κ3) is 4.37. The highest BCUT2D eigenvalue weighted by atomic mass is 35.5. The van der Waals surface area contributed by atoms with Gasteiger partial charge >= 0.3 is 5.97 Å². The average molecular weight is 354 g/mol. The zero-order chi connectivity index (χ0) is 16.8. The summed E-state index contributed by atoms with van der Waals surface area (Å²) in [5, 5.41) is 3.16. The second-order valence-corrected chi connectivity index (χ2v) is 5.21. The Morgan fingerprint density at radius 2 is 1.83 bits per heavy atom. The monoisotopic (exact) mass is 353 g/mol. The number of anilines is 1. The van der Waals surface area contributed by atoms with Crippen LogP contribution in [0.25, 0.3) is 0 Å². The molecular formula is C16H13Cl2NO4. The number of amides is 1. The zero-order valence-corrected chi connectivity index (χ0v) is 13.6. The molecule has 0 unspecified atom stereocenters. The van der Waals surface area contributed by atoms with Gasteiger partial charge in [0, 0.05) is 0 Å². The fourth-order valence-corrected chi connectivity index (χ4v) is 2.15. The predicted octanol–water partition coefficient (Wildman–Crippen LogP) is 3.80. The van der Waals surface area contributed by atoms with Gasteiger partial charge in [-0.25, -0.2) is 4.79 Å². The van der Waals surface area contributed by atoms with Crippen LogP contribution in [-0.2, 0) is 9.53 Å². The second kappa shape index (κ2) is 7.85. The number of hydrogen-bond donors (Lipinski definition) is 1. The summed E-state index contributed by atoms with van der Waals surface area (Å²) < 4.78 is 10.00. The Balaban J connectivity index is 2.03. The van der Waals surface area contributed by atoms with Crippen LogP contribution in [0.1, 0.15) is 10.4 Å². The lowest BCUT2D eigenvalue weighted by Gasteiger charge is -2.11. The number of ether oxygens (including phenoxy) is 2. The van der Waals surface area contributed by atoms with E-state index < -0.39 is 11.9 Å². The zero-order valence-electron chi connectivity index (χ0n) is 12.1. The first-order valence-corrected chi connectivity index (χ1v) is 7.32. The van der Waals surface area contributed by atoms with Crippen molar-refractivity contribution in [1.29, 1.82) is 0 Å². The Morgan fingerprint density at radius 1 is 1.09 bits per heavy atom. The smallest absolute Gasteiger partial charge is 0.339 e. The largest absolute Gasteiger partial charge is 0.482 e. The molecule has 0 radical (unpaired) electrons. The molecule has 0 saturated heterocycles. The third-order valence-electron chi connectivity index (χ3n) is 2.88. The van der Waals surface area contributed by atoms with Gasteiger partial charge in [0.25, 0.3) is 5.91 Å². The normalized spacial score (nSPS) is 10.0. The molecule has 5 nitrogen and oxygen atoms in total. The van der Waals surface area contributed by atoms with E-state index in [1.54, 1.807) is 42.5 Å². The van der Waals surface area contributed by atoms with E-state index in [0.717, 1.165) is 0 Å². The van der Waals surface area contributed by atoms with E-state index in [1.807, 2.05) is 0 Å². The quantitative estimate of drug-likeness (QED) is 0.830. The minimum absolute atomic E-state index is 0.233. The number of carbonyl (C=O) groups excluding carboxylic acids is 2. The minimum Gasteiger partial charge on any atom is -0.482 e. The predicted molar refractivity (Wildman–Crippen MR) is 88.4 cm³/mol. The molecule has 2 aromatic carbocycles. The van der Waals surface area contributed by atoms with Crippen molar-refractivity contribution < 1.29 is 19.1 Å². The number of nitrogens with one attached hydrogen (secondary N) is 1. The van der Waals surface area contributed by atoms with Crippen LogP contribution in [0.4, 0.5) is 5.69 Å². The van der Waals surface area contributed by atoms with Crippen molar-refractivity contribution in [2.75, 3.05) is 19.0 Å². The highest BCUT2D eigenvalue weighted by molar-refractivity contribution is 6.42. The van der Waals surface area contributed by atoms with E-state index >= 15 is 0 Å². The molecule has 0 atom stereocenters. The van der Waals surface area contributed by atoms with Gasteiger partial charge in [-0.3, -0.25) is 4.79 Å². The molecule has 23 heavy (non-hydrogen) atoms. The van der Waals surface area contributed by atoms with E-state index in [-0.39, 0.29) is 17.2 Å². The molecule has 2 aromatic rings. The van der Waals surface area contributed by atoms with Gasteiger partial charge in [-0.1, -0.05) is 41.4 Å². The van der Waals surface area contributed by atoms with Crippen molar-refractivity contribution in [3.05, 3.63) is 58.1 Å². The van der Waals surface area contributed by atoms with Gasteiger partial charge < -0.3 is 14.8 Å². The number of rotatable bonds is 5. The number of hydrogen-bond acceptors (Lipinski definition) is 4. The standard InChI is InChI=1S/C16H13Cl2NO4/c1-22-16(21)10-5-2-3-7-12(10)19-14(20)9-23-13-8-4-6-11(17)15(13)18/h2-8H,9H2,1H3,(H,19,20). The first kappa shape index (κ1) is 17.1. The van der Waals surface area contributed by atoms with E-state index in [1.165, 1.54) is 7.11 Å². The van der Waals surface area contributed by atoms with Gasteiger partial charge in [0.05, 0.1) is 23.4 Å². The Bertz CT molecular complexity index is 734. The van der Waals surface area contributed by atoms with Crippen LogP contribution < -0.4 is 10.1 Å². The molecule has 0 aliphatic rings. The molecule has 120 valence electrons. The van der Waals surface area contributed by atoms with Gasteiger partial charge in [0.2, 0.25) is 0 Å². The number of esters is 1. The summed E-state index contributed by atoms with van der Waals surface area (Å²) in [6.07, 6.45) is 0. The lowest BCUT2D eigenvalue weighted by molar-refractivity contribution is -0.118. The van der Waals surface area contributed by atoms with E-state index in [0.29, 0.717) is 16.5 Å². The van der Waals surface area contributed by atoms with Crippen LogP contribution in [0.2, 0.25) is 10.0 Å². The minimum atomic E-state index is -0.542. The Labute approximate surface area is 143 Å². The molecule has 0 bridgehead atoms. The number of halogens is 2. The van der Waals surface area contributed by atoms with Crippen molar-refractivity contribution in [1.82, 2.24) is 0 Å². The molecule has 0 fully saturated rings. The van der Waals surface area contributed by atoms with Gasteiger partial charge in [-0.15, -0.1) is 0 Å². The lowest BCUT2D eigenvalue weighted by atomic mass is 10.2. The third-order valence-corrected chi connectivity index (χ3v) is 3.68. The number of benzene rings is 2. The summed E-state index contributed by atoms with van der Waals surface area (Å²) in [7, 11) is 1.27. The SMILES string of the molecule is COC(=O)c1ccccc1NC(=O)COc1cccc(Cl)c1Cl. The van der Waals surface area contributed by atoms with Gasteiger partial charge in [-0.2, -0.15) is 0 Å². The highest BCUT2D eigenvalue weighted by Crippen LogP contribution is 2.31. The molecule has 7 heteroatoms. The van der Waals surface area contributed by atoms with Crippen LogP contribution in [-0.4, -0.2) is 25.6 Å². The van der Waals surface area contributed by atoms with Crippen molar-refractivity contribution in [3.8, 4) is 5.75 Å². The first-order valence-electron chi connectivity index (χ1n) is 6.57. The molecule has 0 heterocycles. The van der Waals surface area contributed by atoms with Crippen LogP contribution in [0.3, 0.4) is 0 Å². The van der Waals surface area contributed by atoms with Crippen molar-refractivity contribution in [2.45, 2.75) is 0 Å². The Hall–Kier alpha value is -2.24. The summed E-state index contributed by atoms with van der Waals surface area (Å²) >= 11 is 11.8. The number of para-hydroxylation sites is 1. The van der Waals surface area contributed by atoms with Crippen molar-refractivity contribution in [2.24, 2.45) is 0 Å². The van der Waals surface area contributed by atoms with E-state index in [2.05, 4.69) is 10.1 Å². The Kier molecular flexibility index (Phi) is 5.84. The maximum absolute atomic E-state index is 12.0. The maximum atomic E-state index is 12.0. The number of carbonyl (C=O) groups is 2. The molecular weight excluding hydrogens is 341 g/mol. The highest BCUT2D eigenvalue weighted by Gasteiger charge is 2.14. The lowest BCUT2D eigenvalue weighted by Crippen LogP contribution is -2.21. The first-order chi connectivity index (χ1) is 11.0. The fraction of sp³-hybridized carbons (Fsp3) is 0.125. The second-order valence-electron chi connectivity index (χ2n) is 4.43. The van der Waals surface area contributed by atoms with Gasteiger partial charge in [0.1, 0.15) is 10.8 Å². The van der Waals surface area contributed by atoms with Crippen molar-refractivity contribution >= 4 is 40.8 Å². The van der Waals surface area contributed by atoms with Crippen LogP contribution in [0.5, 0.6) is 5.75 Å².